The summed E-state index contributed by atoms with van der Waals surface area (Å²) in [7, 11) is 0. The molecule has 0 radical (unpaired) electrons. The highest BCUT2D eigenvalue weighted by molar-refractivity contribution is 6.04. The Labute approximate surface area is 136 Å². The van der Waals surface area contributed by atoms with E-state index in [9.17, 15) is 10.1 Å². The highest BCUT2D eigenvalue weighted by atomic mass is 16.1. The van der Waals surface area contributed by atoms with Crippen molar-refractivity contribution in [3.05, 3.63) is 59.2 Å². The molecule has 0 aliphatic heterocycles. The Morgan fingerprint density at radius 1 is 1.26 bits per heavy atom. The molecular formula is C19H19N3O. The maximum atomic E-state index is 12.4. The minimum Gasteiger partial charge on any atom is -0.322 e. The van der Waals surface area contributed by atoms with E-state index >= 15 is 0 Å². The van der Waals surface area contributed by atoms with Crippen molar-refractivity contribution in [2.24, 2.45) is 4.99 Å². The van der Waals surface area contributed by atoms with E-state index in [1.165, 1.54) is 0 Å². The zero-order chi connectivity index (χ0) is 17.0. The molecule has 0 atom stereocenters. The summed E-state index contributed by atoms with van der Waals surface area (Å²) in [5, 5.41) is 12.1. The van der Waals surface area contributed by atoms with Gasteiger partial charge < -0.3 is 5.32 Å². The molecule has 0 aliphatic rings. The average Bonchev–Trinajstić information content (AvgIpc) is 2.56. The molecule has 4 heteroatoms. The number of carbonyl (C=O) groups excluding carboxylic acids is 1. The number of nitrogens with zero attached hydrogens (tertiary/aromatic N) is 2. The number of aryl methyl sites for hydroxylation is 1. The summed E-state index contributed by atoms with van der Waals surface area (Å²) in [4.78, 5) is 16.4. The molecule has 0 aromatic heterocycles. The number of nitrogens with one attached hydrogen (secondary N) is 1. The van der Waals surface area contributed by atoms with E-state index in [0.29, 0.717) is 11.3 Å². The molecule has 0 saturated carbocycles. The second kappa shape index (κ2) is 6.45. The highest BCUT2D eigenvalue weighted by Crippen LogP contribution is 2.25. The lowest BCUT2D eigenvalue weighted by atomic mass is 9.85. The van der Waals surface area contributed by atoms with E-state index in [-0.39, 0.29) is 5.91 Å². The largest absolute Gasteiger partial charge is 0.322 e. The molecule has 2 rings (SSSR count). The number of nitriles is 1. The topological polar surface area (TPSA) is 65.2 Å². The van der Waals surface area contributed by atoms with E-state index < -0.39 is 5.41 Å². The molecule has 0 saturated heterocycles. The van der Waals surface area contributed by atoms with E-state index in [1.807, 2.05) is 39.0 Å². The fraction of sp³-hybridized carbons (Fsp3) is 0.211. The highest BCUT2D eigenvalue weighted by Gasteiger charge is 2.20. The number of carbonyl (C=O) groups is 1. The molecule has 23 heavy (non-hydrogen) atoms. The van der Waals surface area contributed by atoms with Crippen LogP contribution in [0.15, 0.2) is 47.5 Å². The average molecular weight is 305 g/mol. The van der Waals surface area contributed by atoms with Crippen LogP contribution in [0.25, 0.3) is 0 Å². The van der Waals surface area contributed by atoms with Gasteiger partial charge in [-0.2, -0.15) is 5.26 Å². The smallest absolute Gasteiger partial charge is 0.255 e. The third-order valence-electron chi connectivity index (χ3n) is 3.76. The molecule has 0 heterocycles. The van der Waals surface area contributed by atoms with Gasteiger partial charge in [0.1, 0.15) is 0 Å². The number of hydrogen-bond donors (Lipinski definition) is 1. The quantitative estimate of drug-likeness (QED) is 0.852. The van der Waals surface area contributed by atoms with Crippen LogP contribution in [-0.4, -0.2) is 12.6 Å². The van der Waals surface area contributed by atoms with Gasteiger partial charge in [-0.25, -0.2) is 0 Å². The van der Waals surface area contributed by atoms with Crippen molar-refractivity contribution in [2.45, 2.75) is 26.2 Å². The van der Waals surface area contributed by atoms with Crippen LogP contribution in [0.5, 0.6) is 0 Å². The van der Waals surface area contributed by atoms with Gasteiger partial charge in [-0.15, -0.1) is 0 Å². The zero-order valence-electron chi connectivity index (χ0n) is 13.6. The zero-order valence-corrected chi connectivity index (χ0v) is 13.6. The van der Waals surface area contributed by atoms with Crippen molar-refractivity contribution < 1.29 is 4.79 Å². The number of hydrogen-bond acceptors (Lipinski definition) is 3. The summed E-state index contributed by atoms with van der Waals surface area (Å²) in [6.07, 6.45) is 0. The lowest BCUT2D eigenvalue weighted by molar-refractivity contribution is 0.102. The Hall–Kier alpha value is -2.93. The first-order valence-corrected chi connectivity index (χ1v) is 7.28. The van der Waals surface area contributed by atoms with Crippen molar-refractivity contribution >= 4 is 24.0 Å². The first-order chi connectivity index (χ1) is 10.9. The molecular weight excluding hydrogens is 286 g/mol. The Balaban J connectivity index is 2.27. The Bertz CT molecular complexity index is 801. The van der Waals surface area contributed by atoms with Gasteiger partial charge in [0.25, 0.3) is 5.91 Å². The molecule has 2 aromatic carbocycles. The number of aliphatic imine (C=N–C) groups is 1. The molecule has 1 amide bonds. The van der Waals surface area contributed by atoms with Crippen LogP contribution in [-0.2, 0) is 5.41 Å². The van der Waals surface area contributed by atoms with Crippen LogP contribution in [0.2, 0.25) is 0 Å². The fourth-order valence-corrected chi connectivity index (χ4v) is 2.17. The Morgan fingerprint density at radius 2 is 2.00 bits per heavy atom. The van der Waals surface area contributed by atoms with E-state index in [4.69, 9.17) is 0 Å². The molecule has 1 N–H and O–H groups in total. The maximum absolute atomic E-state index is 12.4. The van der Waals surface area contributed by atoms with Crippen LogP contribution in [0.1, 0.15) is 35.3 Å². The molecule has 0 spiro atoms. The Morgan fingerprint density at radius 3 is 2.65 bits per heavy atom. The molecule has 0 aliphatic carbocycles. The van der Waals surface area contributed by atoms with Gasteiger partial charge in [0.2, 0.25) is 0 Å². The lowest BCUT2D eigenvalue weighted by Gasteiger charge is -2.16. The van der Waals surface area contributed by atoms with E-state index in [0.717, 1.165) is 16.8 Å². The normalized spacial score (nSPS) is 10.7. The number of rotatable bonds is 4. The molecule has 0 fully saturated rings. The molecule has 0 bridgehead atoms. The summed E-state index contributed by atoms with van der Waals surface area (Å²) in [6, 6.07) is 14.9. The SMILES string of the molecule is C=Nc1cc(NC(=O)c2cccc(C(C)(C)C#N)c2)ccc1C. The van der Waals surface area contributed by atoms with Crippen LogP contribution >= 0.6 is 0 Å². The van der Waals surface area contributed by atoms with Crippen molar-refractivity contribution in [3.63, 3.8) is 0 Å². The molecule has 116 valence electrons. The molecule has 2 aromatic rings. The van der Waals surface area contributed by atoms with E-state index in [2.05, 4.69) is 23.1 Å². The van der Waals surface area contributed by atoms with Crippen LogP contribution in [0.4, 0.5) is 11.4 Å². The fourth-order valence-electron chi connectivity index (χ4n) is 2.17. The van der Waals surface area contributed by atoms with Gasteiger partial charge >= 0.3 is 0 Å². The predicted octanol–water partition coefficient (Wildman–Crippen LogP) is 4.38. The summed E-state index contributed by atoms with van der Waals surface area (Å²) in [5.41, 5.74) is 3.08. The van der Waals surface area contributed by atoms with Gasteiger partial charge in [0.15, 0.2) is 0 Å². The molecule has 4 nitrogen and oxygen atoms in total. The second-order valence-corrected chi connectivity index (χ2v) is 5.93. The van der Waals surface area contributed by atoms with Crippen LogP contribution in [0, 0.1) is 18.3 Å². The van der Waals surface area contributed by atoms with Crippen molar-refractivity contribution in [3.8, 4) is 6.07 Å². The lowest BCUT2D eigenvalue weighted by Crippen LogP contribution is -2.17. The van der Waals surface area contributed by atoms with Crippen molar-refractivity contribution in [1.82, 2.24) is 0 Å². The third kappa shape index (κ3) is 3.64. The summed E-state index contributed by atoms with van der Waals surface area (Å²) >= 11 is 0. The minimum absolute atomic E-state index is 0.223. The second-order valence-electron chi connectivity index (χ2n) is 5.93. The number of amides is 1. The van der Waals surface area contributed by atoms with Crippen LogP contribution in [0.3, 0.4) is 0 Å². The summed E-state index contributed by atoms with van der Waals surface area (Å²) in [5.74, 6) is -0.223. The van der Waals surface area contributed by atoms with E-state index in [1.54, 1.807) is 24.3 Å². The first-order valence-electron chi connectivity index (χ1n) is 7.28. The summed E-state index contributed by atoms with van der Waals surface area (Å²) in [6.45, 7) is 9.11. The van der Waals surface area contributed by atoms with Gasteiger partial charge in [-0.1, -0.05) is 18.2 Å². The maximum Gasteiger partial charge on any atom is 0.255 e. The first kappa shape index (κ1) is 16.4. The number of benzene rings is 2. The van der Waals surface area contributed by atoms with Gasteiger partial charge in [0, 0.05) is 11.3 Å². The minimum atomic E-state index is -0.639. The summed E-state index contributed by atoms with van der Waals surface area (Å²) < 4.78 is 0. The van der Waals surface area contributed by atoms with Crippen molar-refractivity contribution in [2.75, 3.05) is 5.32 Å². The number of anilines is 1. The van der Waals surface area contributed by atoms with Crippen LogP contribution < -0.4 is 5.32 Å². The van der Waals surface area contributed by atoms with Crippen molar-refractivity contribution in [1.29, 1.82) is 5.26 Å². The predicted molar refractivity (Wildman–Crippen MR) is 93.4 cm³/mol. The monoisotopic (exact) mass is 305 g/mol. The third-order valence-corrected chi connectivity index (χ3v) is 3.76. The molecule has 0 unspecified atom stereocenters. The Kier molecular flexibility index (Phi) is 4.61. The van der Waals surface area contributed by atoms with Gasteiger partial charge in [0.05, 0.1) is 17.2 Å². The standard InChI is InChI=1S/C19H19N3O/c1-13-8-9-16(11-17(13)21-4)22-18(23)14-6-5-7-15(10-14)19(2,3)12-20/h5-11H,4H2,1-3H3,(H,22,23). The van der Waals surface area contributed by atoms with Gasteiger partial charge in [-0.05, 0) is 62.9 Å². The van der Waals surface area contributed by atoms with Gasteiger partial charge in [-0.3, -0.25) is 9.79 Å².